The Bertz CT molecular complexity index is 555. The van der Waals surface area contributed by atoms with Gasteiger partial charge in [-0.2, -0.15) is 5.26 Å². The molecule has 18 heavy (non-hydrogen) atoms. The molecule has 0 bridgehead atoms. The second kappa shape index (κ2) is 5.51. The van der Waals surface area contributed by atoms with Crippen LogP contribution >= 0.6 is 0 Å². The number of benzene rings is 1. The van der Waals surface area contributed by atoms with Crippen LogP contribution in [0.5, 0.6) is 0 Å². The van der Waals surface area contributed by atoms with Crippen molar-refractivity contribution in [3.05, 3.63) is 29.8 Å². The Hall–Kier alpha value is -1.38. The zero-order valence-electron chi connectivity index (χ0n) is 10.9. The van der Waals surface area contributed by atoms with Gasteiger partial charge in [0.05, 0.1) is 10.5 Å². The fraction of sp³-hybridized carbons (Fsp3) is 0.462. The highest BCUT2D eigenvalue weighted by atomic mass is 32.2. The highest BCUT2D eigenvalue weighted by Crippen LogP contribution is 2.20. The maximum Gasteiger partial charge on any atom is 0.242 e. The third kappa shape index (κ3) is 3.09. The van der Waals surface area contributed by atoms with Gasteiger partial charge in [-0.25, -0.2) is 13.1 Å². The average molecular weight is 266 g/mol. The Labute approximate surface area is 109 Å². The van der Waals surface area contributed by atoms with Gasteiger partial charge in [-0.15, -0.1) is 0 Å². The molecule has 0 spiro atoms. The van der Waals surface area contributed by atoms with Crippen LogP contribution in [0.3, 0.4) is 0 Å². The Morgan fingerprint density at radius 2 is 1.83 bits per heavy atom. The molecule has 4 nitrogen and oxygen atoms in total. The Morgan fingerprint density at radius 1 is 1.28 bits per heavy atom. The monoisotopic (exact) mass is 266 g/mol. The molecule has 1 aromatic rings. The maximum atomic E-state index is 12.3. The predicted molar refractivity (Wildman–Crippen MR) is 70.5 cm³/mol. The van der Waals surface area contributed by atoms with E-state index in [1.807, 2.05) is 26.8 Å². The molecule has 0 aliphatic rings. The lowest BCUT2D eigenvalue weighted by molar-refractivity contribution is 0.388. The predicted octanol–water partition coefficient (Wildman–Crippen LogP) is 2.42. The number of sulfonamides is 1. The Balaban J connectivity index is 3.20. The zero-order chi connectivity index (χ0) is 13.8. The van der Waals surface area contributed by atoms with E-state index in [9.17, 15) is 8.42 Å². The van der Waals surface area contributed by atoms with Crippen molar-refractivity contribution in [1.29, 1.82) is 5.26 Å². The standard InChI is InChI=1S/C13H18N2O2S/c1-4-13(3,5-2)15-18(16,17)12-9-7-6-8-11(12)10-14/h6-9,15H,4-5H2,1-3H3. The van der Waals surface area contributed by atoms with Gasteiger partial charge in [0, 0.05) is 5.54 Å². The van der Waals surface area contributed by atoms with Gasteiger partial charge in [-0.05, 0) is 31.9 Å². The number of hydrogen-bond donors (Lipinski definition) is 1. The highest BCUT2D eigenvalue weighted by molar-refractivity contribution is 7.89. The minimum atomic E-state index is -3.66. The number of hydrogen-bond acceptors (Lipinski definition) is 3. The summed E-state index contributed by atoms with van der Waals surface area (Å²) < 4.78 is 27.2. The van der Waals surface area contributed by atoms with Crippen LogP contribution in [0.25, 0.3) is 0 Å². The van der Waals surface area contributed by atoms with Crippen molar-refractivity contribution < 1.29 is 8.42 Å². The van der Waals surface area contributed by atoms with E-state index in [-0.39, 0.29) is 10.5 Å². The number of nitrogens with zero attached hydrogens (tertiary/aromatic N) is 1. The van der Waals surface area contributed by atoms with Crippen LogP contribution in [0.4, 0.5) is 0 Å². The van der Waals surface area contributed by atoms with Crippen LogP contribution in [-0.4, -0.2) is 14.0 Å². The molecule has 0 heterocycles. The SMILES string of the molecule is CCC(C)(CC)NS(=O)(=O)c1ccccc1C#N. The molecule has 0 aromatic heterocycles. The molecule has 0 saturated heterocycles. The Morgan fingerprint density at radius 3 is 2.33 bits per heavy atom. The quantitative estimate of drug-likeness (QED) is 0.889. The number of nitrogens with one attached hydrogen (secondary N) is 1. The van der Waals surface area contributed by atoms with Gasteiger partial charge in [0.25, 0.3) is 0 Å². The summed E-state index contributed by atoms with van der Waals surface area (Å²) in [4.78, 5) is 0.0422. The molecule has 98 valence electrons. The van der Waals surface area contributed by atoms with Crippen molar-refractivity contribution in [2.75, 3.05) is 0 Å². The summed E-state index contributed by atoms with van der Waals surface area (Å²) in [6.07, 6.45) is 1.38. The lowest BCUT2D eigenvalue weighted by Crippen LogP contribution is -2.44. The van der Waals surface area contributed by atoms with E-state index in [0.717, 1.165) is 0 Å². The summed E-state index contributed by atoms with van der Waals surface area (Å²) in [5, 5.41) is 8.95. The van der Waals surface area contributed by atoms with Crippen molar-refractivity contribution in [1.82, 2.24) is 4.72 Å². The molecular weight excluding hydrogens is 248 g/mol. The molecular formula is C13H18N2O2S. The summed E-state index contributed by atoms with van der Waals surface area (Å²) in [5.41, 5.74) is -0.318. The fourth-order valence-electron chi connectivity index (χ4n) is 1.57. The number of rotatable bonds is 5. The molecule has 0 aliphatic carbocycles. The summed E-state index contributed by atoms with van der Waals surface area (Å²) in [7, 11) is -3.66. The molecule has 0 radical (unpaired) electrons. The first-order valence-electron chi connectivity index (χ1n) is 5.91. The third-order valence-corrected chi connectivity index (χ3v) is 4.94. The summed E-state index contributed by atoms with van der Waals surface area (Å²) in [5.74, 6) is 0. The van der Waals surface area contributed by atoms with Crippen LogP contribution in [0, 0.1) is 11.3 Å². The first kappa shape index (κ1) is 14.7. The molecule has 1 N–H and O–H groups in total. The fourth-order valence-corrected chi connectivity index (χ4v) is 3.28. The van der Waals surface area contributed by atoms with Gasteiger partial charge in [-0.1, -0.05) is 26.0 Å². The van der Waals surface area contributed by atoms with Crippen molar-refractivity contribution in [2.24, 2.45) is 0 Å². The first-order chi connectivity index (χ1) is 8.38. The smallest absolute Gasteiger partial charge is 0.207 e. The van der Waals surface area contributed by atoms with Gasteiger partial charge >= 0.3 is 0 Å². The van der Waals surface area contributed by atoms with E-state index in [2.05, 4.69) is 4.72 Å². The zero-order valence-corrected chi connectivity index (χ0v) is 11.7. The first-order valence-corrected chi connectivity index (χ1v) is 7.40. The van der Waals surface area contributed by atoms with Gasteiger partial charge < -0.3 is 0 Å². The second-order valence-corrected chi connectivity index (χ2v) is 6.13. The van der Waals surface area contributed by atoms with Crippen molar-refractivity contribution in [2.45, 2.75) is 44.0 Å². The molecule has 5 heteroatoms. The van der Waals surface area contributed by atoms with Crippen LogP contribution in [0.1, 0.15) is 39.2 Å². The molecule has 0 amide bonds. The van der Waals surface area contributed by atoms with Gasteiger partial charge in [0.15, 0.2) is 0 Å². The topological polar surface area (TPSA) is 70.0 Å². The van der Waals surface area contributed by atoms with Crippen molar-refractivity contribution >= 4 is 10.0 Å². The average Bonchev–Trinajstić information content (AvgIpc) is 2.38. The van der Waals surface area contributed by atoms with Gasteiger partial charge in [-0.3, -0.25) is 0 Å². The van der Waals surface area contributed by atoms with E-state index in [0.29, 0.717) is 12.8 Å². The van der Waals surface area contributed by atoms with Crippen molar-refractivity contribution in [3.8, 4) is 6.07 Å². The molecule has 0 aliphatic heterocycles. The molecule has 0 atom stereocenters. The molecule has 0 fully saturated rings. The minimum Gasteiger partial charge on any atom is -0.207 e. The summed E-state index contributed by atoms with van der Waals surface area (Å²) in [6.45, 7) is 5.73. The molecule has 1 aromatic carbocycles. The number of nitriles is 1. The van der Waals surface area contributed by atoms with Crippen LogP contribution in [0.2, 0.25) is 0 Å². The third-order valence-electron chi connectivity index (χ3n) is 3.24. The lowest BCUT2D eigenvalue weighted by Gasteiger charge is -2.27. The maximum absolute atomic E-state index is 12.3. The highest BCUT2D eigenvalue weighted by Gasteiger charge is 2.28. The molecule has 1 rings (SSSR count). The van der Waals surface area contributed by atoms with E-state index >= 15 is 0 Å². The van der Waals surface area contributed by atoms with Crippen LogP contribution < -0.4 is 4.72 Å². The van der Waals surface area contributed by atoms with E-state index in [1.54, 1.807) is 12.1 Å². The van der Waals surface area contributed by atoms with Gasteiger partial charge in [0.1, 0.15) is 6.07 Å². The Kier molecular flexibility index (Phi) is 4.49. The summed E-state index contributed by atoms with van der Waals surface area (Å²) >= 11 is 0. The van der Waals surface area contributed by atoms with Crippen LogP contribution in [-0.2, 0) is 10.0 Å². The van der Waals surface area contributed by atoms with Crippen LogP contribution in [0.15, 0.2) is 29.2 Å². The molecule has 0 unspecified atom stereocenters. The van der Waals surface area contributed by atoms with E-state index < -0.39 is 15.6 Å². The van der Waals surface area contributed by atoms with E-state index in [4.69, 9.17) is 5.26 Å². The minimum absolute atomic E-state index is 0.0422. The normalized spacial score (nSPS) is 12.1. The second-order valence-electron chi connectivity index (χ2n) is 4.48. The van der Waals surface area contributed by atoms with Crippen molar-refractivity contribution in [3.63, 3.8) is 0 Å². The molecule has 0 saturated carbocycles. The lowest BCUT2D eigenvalue weighted by atomic mass is 9.98. The summed E-state index contributed by atoms with van der Waals surface area (Å²) in [6, 6.07) is 8.12. The van der Waals surface area contributed by atoms with E-state index in [1.165, 1.54) is 12.1 Å². The largest absolute Gasteiger partial charge is 0.242 e. The van der Waals surface area contributed by atoms with Gasteiger partial charge in [0.2, 0.25) is 10.0 Å².